The van der Waals surface area contributed by atoms with Gasteiger partial charge in [-0.1, -0.05) is 5.16 Å². The van der Waals surface area contributed by atoms with E-state index in [0.29, 0.717) is 6.54 Å². The Labute approximate surface area is 103 Å². The van der Waals surface area contributed by atoms with E-state index in [2.05, 4.69) is 35.9 Å². The number of nitrogens with zero attached hydrogens (tertiary/aromatic N) is 3. The molecule has 1 aromatic rings. The molecular formula is C12H22N4O. The van der Waals surface area contributed by atoms with Crippen LogP contribution in [0.1, 0.15) is 25.3 Å². The fraction of sp³-hybridized carbons (Fsp3) is 0.750. The number of likely N-dealkylation sites (N-methyl/N-ethyl adjacent to an activating group) is 1. The summed E-state index contributed by atoms with van der Waals surface area (Å²) in [5.41, 5.74) is 6.56. The Kier molecular flexibility index (Phi) is 3.51. The summed E-state index contributed by atoms with van der Waals surface area (Å²) < 4.78 is 5.27. The van der Waals surface area contributed by atoms with Crippen molar-refractivity contribution in [2.24, 2.45) is 5.73 Å². The summed E-state index contributed by atoms with van der Waals surface area (Å²) in [4.78, 5) is 4.80. The Morgan fingerprint density at radius 2 is 2.24 bits per heavy atom. The lowest BCUT2D eigenvalue weighted by Gasteiger charge is -2.45. The van der Waals surface area contributed by atoms with E-state index in [4.69, 9.17) is 10.3 Å². The first-order valence-electron chi connectivity index (χ1n) is 6.09. The van der Waals surface area contributed by atoms with Crippen LogP contribution in [0, 0.1) is 0 Å². The van der Waals surface area contributed by atoms with E-state index in [-0.39, 0.29) is 5.54 Å². The first-order chi connectivity index (χ1) is 8.01. The summed E-state index contributed by atoms with van der Waals surface area (Å²) in [7, 11) is 2.18. The van der Waals surface area contributed by atoms with Gasteiger partial charge in [-0.25, -0.2) is 0 Å². The molecular weight excluding hydrogens is 216 g/mol. The van der Waals surface area contributed by atoms with Gasteiger partial charge in [-0.3, -0.25) is 9.80 Å². The second-order valence-electron chi connectivity index (χ2n) is 5.43. The lowest BCUT2D eigenvalue weighted by molar-refractivity contribution is 0.0319. The van der Waals surface area contributed by atoms with Crippen LogP contribution in [0.15, 0.2) is 10.6 Å². The van der Waals surface area contributed by atoms with Gasteiger partial charge in [0.25, 0.3) is 0 Å². The summed E-state index contributed by atoms with van der Waals surface area (Å²) >= 11 is 0. The molecule has 0 spiro atoms. The van der Waals surface area contributed by atoms with Gasteiger partial charge in [0.1, 0.15) is 0 Å². The summed E-state index contributed by atoms with van der Waals surface area (Å²) in [5.74, 6) is 0.908. The van der Waals surface area contributed by atoms with Crippen LogP contribution >= 0.6 is 0 Å². The summed E-state index contributed by atoms with van der Waals surface area (Å²) in [6.45, 7) is 9.00. The van der Waals surface area contributed by atoms with E-state index in [0.717, 1.165) is 37.6 Å². The molecule has 1 fully saturated rings. The molecule has 0 radical (unpaired) electrons. The molecule has 2 rings (SSSR count). The van der Waals surface area contributed by atoms with Gasteiger partial charge in [0, 0.05) is 37.8 Å². The molecule has 5 heteroatoms. The van der Waals surface area contributed by atoms with Crippen molar-refractivity contribution in [3.63, 3.8) is 0 Å². The van der Waals surface area contributed by atoms with Gasteiger partial charge in [-0.15, -0.1) is 0 Å². The van der Waals surface area contributed by atoms with Crippen molar-refractivity contribution in [3.8, 4) is 0 Å². The molecule has 5 nitrogen and oxygen atoms in total. The Hall–Kier alpha value is -0.910. The van der Waals surface area contributed by atoms with E-state index < -0.39 is 0 Å². The molecule has 0 unspecified atom stereocenters. The maximum atomic E-state index is 5.51. The van der Waals surface area contributed by atoms with Gasteiger partial charge in [0.05, 0.1) is 12.2 Å². The molecule has 1 aliphatic heterocycles. The molecule has 0 amide bonds. The van der Waals surface area contributed by atoms with Gasteiger partial charge in [-0.05, 0) is 20.9 Å². The van der Waals surface area contributed by atoms with Gasteiger partial charge in [0.2, 0.25) is 0 Å². The molecule has 0 aromatic carbocycles. The number of aromatic nitrogens is 1. The number of nitrogens with two attached hydrogens (primary N) is 1. The fourth-order valence-corrected chi connectivity index (χ4v) is 2.22. The van der Waals surface area contributed by atoms with Gasteiger partial charge < -0.3 is 10.3 Å². The molecule has 0 atom stereocenters. The molecule has 0 bridgehead atoms. The molecule has 17 heavy (non-hydrogen) atoms. The van der Waals surface area contributed by atoms with Crippen LogP contribution in [0.4, 0.5) is 0 Å². The van der Waals surface area contributed by atoms with Crippen LogP contribution in [0.25, 0.3) is 0 Å². The molecule has 1 aliphatic rings. The van der Waals surface area contributed by atoms with E-state index in [1.54, 1.807) is 0 Å². The molecule has 1 saturated heterocycles. The van der Waals surface area contributed by atoms with Gasteiger partial charge >= 0.3 is 0 Å². The van der Waals surface area contributed by atoms with Crippen molar-refractivity contribution in [2.45, 2.75) is 32.5 Å². The van der Waals surface area contributed by atoms with Crippen molar-refractivity contribution < 1.29 is 4.52 Å². The minimum absolute atomic E-state index is 0.217. The monoisotopic (exact) mass is 238 g/mol. The fourth-order valence-electron chi connectivity index (χ4n) is 2.22. The third kappa shape index (κ3) is 2.86. The first-order valence-corrected chi connectivity index (χ1v) is 6.09. The summed E-state index contributed by atoms with van der Waals surface area (Å²) in [6.07, 6.45) is 0. The van der Waals surface area contributed by atoms with Crippen LogP contribution in [0.5, 0.6) is 0 Å². The topological polar surface area (TPSA) is 58.5 Å². The average molecular weight is 238 g/mol. The summed E-state index contributed by atoms with van der Waals surface area (Å²) in [6, 6.07) is 1.95. The van der Waals surface area contributed by atoms with Gasteiger partial charge in [0.15, 0.2) is 5.76 Å². The van der Waals surface area contributed by atoms with Crippen molar-refractivity contribution in [1.29, 1.82) is 0 Å². The third-order valence-corrected chi connectivity index (χ3v) is 3.59. The van der Waals surface area contributed by atoms with Crippen molar-refractivity contribution in [2.75, 3.05) is 26.7 Å². The largest absolute Gasteiger partial charge is 0.360 e. The minimum atomic E-state index is 0.217. The molecule has 0 saturated carbocycles. The molecule has 1 aromatic heterocycles. The molecule has 96 valence electrons. The second-order valence-corrected chi connectivity index (χ2v) is 5.43. The van der Waals surface area contributed by atoms with Crippen molar-refractivity contribution in [1.82, 2.24) is 15.0 Å². The van der Waals surface area contributed by atoms with E-state index >= 15 is 0 Å². The van der Waals surface area contributed by atoms with Crippen LogP contribution < -0.4 is 5.73 Å². The average Bonchev–Trinajstić information content (AvgIpc) is 2.71. The lowest BCUT2D eigenvalue weighted by atomic mass is 10.00. The smallest absolute Gasteiger partial charge is 0.151 e. The lowest BCUT2D eigenvalue weighted by Crippen LogP contribution is -2.57. The Bertz CT molecular complexity index is 374. The third-order valence-electron chi connectivity index (χ3n) is 3.59. The van der Waals surface area contributed by atoms with Gasteiger partial charge in [-0.2, -0.15) is 0 Å². The zero-order chi connectivity index (χ0) is 12.5. The zero-order valence-corrected chi connectivity index (χ0v) is 10.9. The minimum Gasteiger partial charge on any atom is -0.360 e. The Morgan fingerprint density at radius 1 is 1.47 bits per heavy atom. The molecule has 2 heterocycles. The van der Waals surface area contributed by atoms with Crippen molar-refractivity contribution >= 4 is 0 Å². The maximum absolute atomic E-state index is 5.51. The number of hydrogen-bond acceptors (Lipinski definition) is 5. The number of hydrogen-bond donors (Lipinski definition) is 1. The standard InChI is InChI=1S/C12H22N4O/c1-12(2)9-16(5-4-15(12)3)8-11-6-10(7-13)14-17-11/h6H,4-5,7-9,13H2,1-3H3. The Balaban J connectivity index is 1.96. The van der Waals surface area contributed by atoms with Crippen LogP contribution in [-0.4, -0.2) is 47.2 Å². The van der Waals surface area contributed by atoms with Crippen LogP contribution in [0.2, 0.25) is 0 Å². The highest BCUT2D eigenvalue weighted by molar-refractivity contribution is 5.05. The summed E-state index contributed by atoms with van der Waals surface area (Å²) in [5, 5.41) is 3.91. The predicted molar refractivity (Wildman–Crippen MR) is 66.4 cm³/mol. The predicted octanol–water partition coefficient (Wildman–Crippen LogP) is 0.659. The highest BCUT2D eigenvalue weighted by Gasteiger charge is 2.31. The van der Waals surface area contributed by atoms with Crippen molar-refractivity contribution in [3.05, 3.63) is 17.5 Å². The quantitative estimate of drug-likeness (QED) is 0.838. The number of rotatable bonds is 3. The van der Waals surface area contributed by atoms with E-state index in [1.165, 1.54) is 0 Å². The van der Waals surface area contributed by atoms with Crippen LogP contribution in [0.3, 0.4) is 0 Å². The normalized spacial score (nSPS) is 21.9. The van der Waals surface area contributed by atoms with E-state index in [9.17, 15) is 0 Å². The molecule has 0 aliphatic carbocycles. The molecule has 2 N–H and O–H groups in total. The Morgan fingerprint density at radius 3 is 2.82 bits per heavy atom. The number of piperazine rings is 1. The van der Waals surface area contributed by atoms with E-state index in [1.807, 2.05) is 6.07 Å². The maximum Gasteiger partial charge on any atom is 0.151 e. The highest BCUT2D eigenvalue weighted by Crippen LogP contribution is 2.20. The zero-order valence-electron chi connectivity index (χ0n) is 10.9. The highest BCUT2D eigenvalue weighted by atomic mass is 16.5. The first kappa shape index (κ1) is 12.5. The van der Waals surface area contributed by atoms with Crippen LogP contribution in [-0.2, 0) is 13.1 Å². The second kappa shape index (κ2) is 4.76. The SMILES string of the molecule is CN1CCN(Cc2cc(CN)no2)CC1(C)C.